The highest BCUT2D eigenvalue weighted by molar-refractivity contribution is 5.70. The molecule has 0 atom stereocenters. The van der Waals surface area contributed by atoms with Crippen molar-refractivity contribution < 1.29 is 9.90 Å². The normalized spacial score (nSPS) is 9.00. The molecular weight excluding hydrogens is 178 g/mol. The predicted octanol–water partition coefficient (Wildman–Crippen LogP) is 1.52. The predicted molar refractivity (Wildman–Crippen MR) is 52.8 cm³/mol. The Balaban J connectivity index is 2.85. The van der Waals surface area contributed by atoms with Crippen LogP contribution in [0.4, 0.5) is 0 Å². The van der Waals surface area contributed by atoms with E-state index in [-0.39, 0.29) is 6.42 Å². The maximum atomic E-state index is 10.2. The van der Waals surface area contributed by atoms with E-state index in [1.165, 1.54) is 0 Å². The van der Waals surface area contributed by atoms with Gasteiger partial charge in [0.15, 0.2) is 0 Å². The minimum atomic E-state index is -0.915. The van der Waals surface area contributed by atoms with Crippen LogP contribution in [0.15, 0.2) is 12.3 Å². The maximum Gasteiger partial charge on any atom is 0.315 e. The molecule has 3 heteroatoms. The van der Waals surface area contributed by atoms with Crippen molar-refractivity contribution >= 4 is 5.97 Å². The first-order valence-electron chi connectivity index (χ1n) is 4.23. The molecule has 0 saturated carbocycles. The fourth-order valence-electron chi connectivity index (χ4n) is 1.05. The molecule has 72 valence electrons. The van der Waals surface area contributed by atoms with Gasteiger partial charge in [0.05, 0.1) is 0 Å². The van der Waals surface area contributed by atoms with Crippen LogP contribution in [0.5, 0.6) is 0 Å². The van der Waals surface area contributed by atoms with Gasteiger partial charge in [0.1, 0.15) is 12.1 Å². The summed E-state index contributed by atoms with van der Waals surface area (Å²) in [6.07, 6.45) is 1.58. The minimum absolute atomic E-state index is 0.144. The van der Waals surface area contributed by atoms with Crippen molar-refractivity contribution in [2.45, 2.75) is 20.3 Å². The average Bonchev–Trinajstić information content (AvgIpc) is 2.08. The summed E-state index contributed by atoms with van der Waals surface area (Å²) in [5.41, 5.74) is 2.70. The van der Waals surface area contributed by atoms with Crippen molar-refractivity contribution in [3.05, 3.63) is 29.1 Å². The van der Waals surface area contributed by atoms with Crippen LogP contribution in [0.3, 0.4) is 0 Å². The number of aryl methyl sites for hydroxylation is 2. The molecule has 0 saturated heterocycles. The van der Waals surface area contributed by atoms with E-state index in [1.807, 2.05) is 19.9 Å². The van der Waals surface area contributed by atoms with Gasteiger partial charge >= 0.3 is 5.97 Å². The van der Waals surface area contributed by atoms with Crippen molar-refractivity contribution in [2.75, 3.05) is 0 Å². The van der Waals surface area contributed by atoms with E-state index < -0.39 is 5.97 Å². The average molecular weight is 189 g/mol. The Bertz CT molecular complexity index is 413. The van der Waals surface area contributed by atoms with Crippen LogP contribution >= 0.6 is 0 Å². The largest absolute Gasteiger partial charge is 0.481 e. The molecule has 0 amide bonds. The van der Waals surface area contributed by atoms with E-state index in [2.05, 4.69) is 16.8 Å². The molecule has 1 rings (SSSR count). The number of rotatable bonds is 1. The number of hydrogen-bond donors (Lipinski definition) is 1. The lowest BCUT2D eigenvalue weighted by molar-refractivity contribution is -0.135. The van der Waals surface area contributed by atoms with Crippen molar-refractivity contribution in [3.63, 3.8) is 0 Å². The second-order valence-corrected chi connectivity index (χ2v) is 3.05. The van der Waals surface area contributed by atoms with Crippen LogP contribution in [-0.2, 0) is 4.79 Å². The molecule has 0 fully saturated rings. The lowest BCUT2D eigenvalue weighted by Gasteiger charge is -1.97. The quantitative estimate of drug-likeness (QED) is 0.681. The summed E-state index contributed by atoms with van der Waals surface area (Å²) in [6.45, 7) is 3.86. The Kier molecular flexibility index (Phi) is 3.24. The molecule has 0 aromatic carbocycles. The molecule has 0 spiro atoms. The summed E-state index contributed by atoms with van der Waals surface area (Å²) in [5, 5.41) is 8.38. The highest BCUT2D eigenvalue weighted by Gasteiger charge is 1.96. The van der Waals surface area contributed by atoms with Crippen LogP contribution in [-0.4, -0.2) is 16.1 Å². The number of hydrogen-bond acceptors (Lipinski definition) is 2. The molecule has 14 heavy (non-hydrogen) atoms. The number of carboxylic acid groups (broad SMARTS) is 1. The summed E-state index contributed by atoms with van der Waals surface area (Å²) in [7, 11) is 0. The molecule has 1 aromatic rings. The third kappa shape index (κ3) is 2.91. The Labute approximate surface area is 82.8 Å². The van der Waals surface area contributed by atoms with E-state index in [4.69, 9.17) is 5.11 Å². The van der Waals surface area contributed by atoms with E-state index in [0.717, 1.165) is 11.1 Å². The van der Waals surface area contributed by atoms with Gasteiger partial charge in [-0.2, -0.15) is 0 Å². The van der Waals surface area contributed by atoms with Gasteiger partial charge < -0.3 is 5.11 Å². The van der Waals surface area contributed by atoms with Gasteiger partial charge in [-0.25, -0.2) is 4.98 Å². The number of aromatic nitrogens is 1. The van der Waals surface area contributed by atoms with Crippen LogP contribution in [0.1, 0.15) is 23.2 Å². The van der Waals surface area contributed by atoms with Gasteiger partial charge in [-0.05, 0) is 30.9 Å². The van der Waals surface area contributed by atoms with Crippen LogP contribution in [0.25, 0.3) is 0 Å². The van der Waals surface area contributed by atoms with Gasteiger partial charge in [0.25, 0.3) is 0 Å². The first kappa shape index (κ1) is 10.3. The van der Waals surface area contributed by atoms with Crippen molar-refractivity contribution in [3.8, 4) is 11.8 Å². The Hall–Kier alpha value is -1.82. The molecule has 1 aromatic heterocycles. The van der Waals surface area contributed by atoms with Gasteiger partial charge in [0, 0.05) is 6.20 Å². The Morgan fingerprint density at radius 3 is 2.86 bits per heavy atom. The first-order valence-corrected chi connectivity index (χ1v) is 4.23. The van der Waals surface area contributed by atoms with Crippen LogP contribution in [0, 0.1) is 25.7 Å². The topological polar surface area (TPSA) is 50.2 Å². The van der Waals surface area contributed by atoms with Gasteiger partial charge in [-0.15, -0.1) is 0 Å². The number of nitrogens with zero attached hydrogens (tertiary/aromatic N) is 1. The van der Waals surface area contributed by atoms with Crippen molar-refractivity contribution in [1.29, 1.82) is 0 Å². The summed E-state index contributed by atoms with van der Waals surface area (Å²) in [5.74, 6) is 4.36. The number of carboxylic acids is 1. The zero-order valence-corrected chi connectivity index (χ0v) is 8.16. The number of carbonyl (C=O) groups is 1. The molecule has 0 radical (unpaired) electrons. The third-order valence-electron chi connectivity index (χ3n) is 1.66. The van der Waals surface area contributed by atoms with Crippen LogP contribution < -0.4 is 0 Å². The van der Waals surface area contributed by atoms with Gasteiger partial charge in [-0.3, -0.25) is 4.79 Å². The maximum absolute atomic E-state index is 10.2. The molecule has 0 unspecified atom stereocenters. The molecule has 0 aliphatic carbocycles. The van der Waals surface area contributed by atoms with Gasteiger partial charge in [-0.1, -0.05) is 12.0 Å². The Morgan fingerprint density at radius 1 is 1.57 bits per heavy atom. The molecule has 0 aliphatic heterocycles. The summed E-state index contributed by atoms with van der Waals surface area (Å²) < 4.78 is 0. The van der Waals surface area contributed by atoms with Gasteiger partial charge in [0.2, 0.25) is 0 Å². The highest BCUT2D eigenvalue weighted by atomic mass is 16.4. The standard InChI is InChI=1S/C11H11NO2/c1-8-6-9(2)10(12-7-8)4-3-5-11(13)14/h6-7H,5H2,1-2H3,(H,13,14). The third-order valence-corrected chi connectivity index (χ3v) is 1.66. The lowest BCUT2D eigenvalue weighted by Crippen LogP contribution is -1.92. The van der Waals surface area contributed by atoms with E-state index in [9.17, 15) is 4.79 Å². The number of aliphatic carboxylic acids is 1. The number of pyridine rings is 1. The summed E-state index contributed by atoms with van der Waals surface area (Å²) in [4.78, 5) is 14.3. The van der Waals surface area contributed by atoms with E-state index in [1.54, 1.807) is 6.20 Å². The van der Waals surface area contributed by atoms with Crippen LogP contribution in [0.2, 0.25) is 0 Å². The SMILES string of the molecule is Cc1cnc(C#CCC(=O)O)c(C)c1. The smallest absolute Gasteiger partial charge is 0.315 e. The van der Waals surface area contributed by atoms with Crippen molar-refractivity contribution in [1.82, 2.24) is 4.98 Å². The second kappa shape index (κ2) is 4.43. The molecule has 0 bridgehead atoms. The lowest BCUT2D eigenvalue weighted by atomic mass is 10.1. The second-order valence-electron chi connectivity index (χ2n) is 3.05. The monoisotopic (exact) mass is 189 g/mol. The Morgan fingerprint density at radius 2 is 2.29 bits per heavy atom. The summed E-state index contributed by atoms with van der Waals surface area (Å²) in [6, 6.07) is 1.97. The van der Waals surface area contributed by atoms with E-state index in [0.29, 0.717) is 5.69 Å². The fourth-order valence-corrected chi connectivity index (χ4v) is 1.05. The van der Waals surface area contributed by atoms with E-state index >= 15 is 0 Å². The molecule has 1 heterocycles. The summed E-state index contributed by atoms with van der Waals surface area (Å²) >= 11 is 0. The zero-order chi connectivity index (χ0) is 10.6. The fraction of sp³-hybridized carbons (Fsp3) is 0.273. The molecular formula is C11H11NO2. The molecule has 3 nitrogen and oxygen atoms in total. The first-order chi connectivity index (χ1) is 6.59. The minimum Gasteiger partial charge on any atom is -0.481 e. The highest BCUT2D eigenvalue weighted by Crippen LogP contribution is 2.04. The molecule has 0 aliphatic rings. The zero-order valence-electron chi connectivity index (χ0n) is 8.16. The molecule has 1 N–H and O–H groups in total. The van der Waals surface area contributed by atoms with Crippen molar-refractivity contribution in [2.24, 2.45) is 0 Å².